The van der Waals surface area contributed by atoms with Crippen LogP contribution in [-0.2, 0) is 0 Å². The summed E-state index contributed by atoms with van der Waals surface area (Å²) in [5, 5.41) is 13.8. The van der Waals surface area contributed by atoms with Crippen molar-refractivity contribution in [2.24, 2.45) is 0 Å². The minimum absolute atomic E-state index is 0.377. The predicted octanol–water partition coefficient (Wildman–Crippen LogP) is 7.00. The third kappa shape index (κ3) is 3.93. The summed E-state index contributed by atoms with van der Waals surface area (Å²) in [6.07, 6.45) is 1.76. The number of nitriles is 1. The van der Waals surface area contributed by atoms with Crippen molar-refractivity contribution < 1.29 is 0 Å². The number of aryl methyl sites for hydroxylation is 3. The molecular formula is C24H18ClN3S. The molecule has 0 amide bonds. The fourth-order valence-electron chi connectivity index (χ4n) is 3.29. The second-order valence-electron chi connectivity index (χ2n) is 7.09. The van der Waals surface area contributed by atoms with Gasteiger partial charge in [0, 0.05) is 21.9 Å². The van der Waals surface area contributed by atoms with Crippen molar-refractivity contribution in [1.82, 2.24) is 9.97 Å². The molecule has 29 heavy (non-hydrogen) atoms. The van der Waals surface area contributed by atoms with Gasteiger partial charge in [-0.1, -0.05) is 47.5 Å². The van der Waals surface area contributed by atoms with Gasteiger partial charge < -0.3 is 0 Å². The van der Waals surface area contributed by atoms with Gasteiger partial charge >= 0.3 is 0 Å². The van der Waals surface area contributed by atoms with Gasteiger partial charge in [-0.25, -0.2) is 9.97 Å². The van der Waals surface area contributed by atoms with Gasteiger partial charge in [0.15, 0.2) is 0 Å². The minimum Gasteiger partial charge on any atom is -0.235 e. The molecule has 2 aromatic carbocycles. The van der Waals surface area contributed by atoms with Crippen molar-refractivity contribution in [2.45, 2.75) is 20.8 Å². The molecule has 2 heterocycles. The number of thiazole rings is 1. The van der Waals surface area contributed by atoms with Gasteiger partial charge in [-0.05, 0) is 50.1 Å². The van der Waals surface area contributed by atoms with E-state index < -0.39 is 0 Å². The number of benzene rings is 2. The van der Waals surface area contributed by atoms with Crippen LogP contribution < -0.4 is 0 Å². The SMILES string of the molecule is Cc1ccc(-c2csc(C(C#N)=Cc3cc4ccc(C)cc4nc3Cl)n2)c(C)c1. The number of hydrogen-bond acceptors (Lipinski definition) is 4. The van der Waals surface area contributed by atoms with E-state index >= 15 is 0 Å². The van der Waals surface area contributed by atoms with Gasteiger partial charge in [0.1, 0.15) is 16.2 Å². The van der Waals surface area contributed by atoms with Crippen molar-refractivity contribution in [1.29, 1.82) is 5.26 Å². The van der Waals surface area contributed by atoms with Crippen LogP contribution in [0.25, 0.3) is 33.8 Å². The Morgan fingerprint density at radius 1 is 1.03 bits per heavy atom. The lowest BCUT2D eigenvalue weighted by atomic mass is 10.0. The number of hydrogen-bond donors (Lipinski definition) is 0. The van der Waals surface area contributed by atoms with Crippen LogP contribution >= 0.6 is 22.9 Å². The van der Waals surface area contributed by atoms with Gasteiger partial charge in [-0.2, -0.15) is 5.26 Å². The van der Waals surface area contributed by atoms with Gasteiger partial charge in [0.05, 0.1) is 16.8 Å². The monoisotopic (exact) mass is 415 g/mol. The highest BCUT2D eigenvalue weighted by molar-refractivity contribution is 7.11. The van der Waals surface area contributed by atoms with E-state index in [4.69, 9.17) is 16.6 Å². The second-order valence-corrected chi connectivity index (χ2v) is 8.31. The van der Waals surface area contributed by atoms with Crippen LogP contribution in [0.5, 0.6) is 0 Å². The molecule has 0 saturated heterocycles. The summed E-state index contributed by atoms with van der Waals surface area (Å²) in [7, 11) is 0. The van der Waals surface area contributed by atoms with E-state index in [0.717, 1.165) is 27.7 Å². The molecule has 0 spiro atoms. The average Bonchev–Trinajstić information content (AvgIpc) is 3.16. The third-order valence-electron chi connectivity index (χ3n) is 4.77. The van der Waals surface area contributed by atoms with Crippen LogP contribution in [0.4, 0.5) is 0 Å². The summed E-state index contributed by atoms with van der Waals surface area (Å²) in [6, 6.07) is 16.6. The Balaban J connectivity index is 1.75. The molecule has 0 aliphatic rings. The molecule has 0 N–H and O–H groups in total. The highest BCUT2D eigenvalue weighted by atomic mass is 35.5. The fourth-order valence-corrected chi connectivity index (χ4v) is 4.28. The van der Waals surface area contributed by atoms with E-state index in [0.29, 0.717) is 21.3 Å². The van der Waals surface area contributed by atoms with E-state index in [9.17, 15) is 5.26 Å². The Kier molecular flexibility index (Phi) is 5.19. The quantitative estimate of drug-likeness (QED) is 0.267. The zero-order valence-electron chi connectivity index (χ0n) is 16.3. The lowest BCUT2D eigenvalue weighted by molar-refractivity contribution is 1.32. The summed E-state index contributed by atoms with van der Waals surface area (Å²) in [4.78, 5) is 9.19. The van der Waals surface area contributed by atoms with Gasteiger partial charge in [-0.15, -0.1) is 11.3 Å². The first-order valence-corrected chi connectivity index (χ1v) is 10.4. The van der Waals surface area contributed by atoms with Gasteiger partial charge in [-0.3, -0.25) is 0 Å². The standard InChI is InChI=1S/C24H18ClN3S/c1-14-5-7-20(16(3)8-14)22-13-29-24(28-22)19(12-26)11-18-10-17-6-4-15(2)9-21(17)27-23(18)25/h4-11,13H,1-3H3. The van der Waals surface area contributed by atoms with Crippen molar-refractivity contribution in [3.63, 3.8) is 0 Å². The fraction of sp³-hybridized carbons (Fsp3) is 0.125. The summed E-state index contributed by atoms with van der Waals surface area (Å²) >= 11 is 7.85. The Hall–Kier alpha value is -3.00. The number of allylic oxidation sites excluding steroid dienone is 1. The Labute approximate surface area is 179 Å². The first kappa shape index (κ1) is 19.3. The molecule has 142 valence electrons. The predicted molar refractivity (Wildman–Crippen MR) is 122 cm³/mol. The van der Waals surface area contributed by atoms with E-state index in [1.807, 2.05) is 36.6 Å². The first-order chi connectivity index (χ1) is 13.9. The summed E-state index contributed by atoms with van der Waals surface area (Å²) in [5.74, 6) is 0. The summed E-state index contributed by atoms with van der Waals surface area (Å²) < 4.78 is 0. The molecule has 0 aliphatic heterocycles. The molecule has 0 fully saturated rings. The average molecular weight is 416 g/mol. The Morgan fingerprint density at radius 2 is 1.79 bits per heavy atom. The van der Waals surface area contributed by atoms with Crippen LogP contribution in [0.15, 0.2) is 47.8 Å². The molecule has 4 aromatic rings. The van der Waals surface area contributed by atoms with Crippen molar-refractivity contribution in [3.05, 3.63) is 80.3 Å². The topological polar surface area (TPSA) is 49.6 Å². The van der Waals surface area contributed by atoms with Crippen molar-refractivity contribution >= 4 is 45.5 Å². The van der Waals surface area contributed by atoms with Crippen molar-refractivity contribution in [3.8, 4) is 17.3 Å². The number of rotatable bonds is 3. The third-order valence-corrected chi connectivity index (χ3v) is 5.94. The minimum atomic E-state index is 0.377. The van der Waals surface area contributed by atoms with Gasteiger partial charge in [0.2, 0.25) is 0 Å². The number of nitrogens with zero attached hydrogens (tertiary/aromatic N) is 3. The van der Waals surface area contributed by atoms with Crippen LogP contribution in [0.2, 0.25) is 5.15 Å². The zero-order chi connectivity index (χ0) is 20.5. The van der Waals surface area contributed by atoms with Crippen LogP contribution in [-0.4, -0.2) is 9.97 Å². The molecule has 2 aromatic heterocycles. The molecule has 5 heteroatoms. The summed E-state index contributed by atoms with van der Waals surface area (Å²) in [5.41, 5.74) is 7.50. The highest BCUT2D eigenvalue weighted by Gasteiger charge is 2.12. The van der Waals surface area contributed by atoms with Crippen LogP contribution in [0.1, 0.15) is 27.3 Å². The van der Waals surface area contributed by atoms with Gasteiger partial charge in [0.25, 0.3) is 0 Å². The van der Waals surface area contributed by atoms with E-state index in [2.05, 4.69) is 43.1 Å². The highest BCUT2D eigenvalue weighted by Crippen LogP contribution is 2.31. The first-order valence-electron chi connectivity index (χ1n) is 9.17. The van der Waals surface area contributed by atoms with E-state index in [1.54, 1.807) is 6.08 Å². The zero-order valence-corrected chi connectivity index (χ0v) is 17.9. The lowest BCUT2D eigenvalue weighted by Gasteiger charge is -2.04. The molecular weight excluding hydrogens is 398 g/mol. The molecule has 3 nitrogen and oxygen atoms in total. The number of halogens is 1. The second kappa shape index (κ2) is 7.79. The van der Waals surface area contributed by atoms with Crippen molar-refractivity contribution in [2.75, 3.05) is 0 Å². The smallest absolute Gasteiger partial charge is 0.137 e. The summed E-state index contributed by atoms with van der Waals surface area (Å²) in [6.45, 7) is 6.17. The molecule has 0 aliphatic carbocycles. The number of pyridine rings is 1. The molecule has 0 bridgehead atoms. The molecule has 0 saturated carbocycles. The normalized spacial score (nSPS) is 11.6. The molecule has 0 radical (unpaired) electrons. The Morgan fingerprint density at radius 3 is 2.55 bits per heavy atom. The maximum atomic E-state index is 9.74. The maximum absolute atomic E-state index is 9.74. The molecule has 0 atom stereocenters. The van der Waals surface area contributed by atoms with E-state index in [-0.39, 0.29) is 0 Å². The largest absolute Gasteiger partial charge is 0.235 e. The Bertz CT molecular complexity index is 1310. The lowest BCUT2D eigenvalue weighted by Crippen LogP contribution is -1.88. The molecule has 4 rings (SSSR count). The van der Waals surface area contributed by atoms with Crippen LogP contribution in [0.3, 0.4) is 0 Å². The molecule has 0 unspecified atom stereocenters. The van der Waals surface area contributed by atoms with E-state index in [1.165, 1.54) is 22.5 Å². The van der Waals surface area contributed by atoms with Crippen LogP contribution in [0, 0.1) is 32.1 Å². The number of fused-ring (bicyclic) bond motifs is 1. The maximum Gasteiger partial charge on any atom is 0.137 e. The number of aromatic nitrogens is 2.